The first-order valence-electron chi connectivity index (χ1n) is 10.5. The number of anilines is 1. The van der Waals surface area contributed by atoms with Crippen molar-refractivity contribution in [3.63, 3.8) is 0 Å². The first kappa shape index (κ1) is 19.9. The maximum absolute atomic E-state index is 14.2. The van der Waals surface area contributed by atoms with E-state index in [2.05, 4.69) is 16.0 Å². The lowest BCUT2D eigenvalue weighted by Crippen LogP contribution is -2.56. The van der Waals surface area contributed by atoms with Crippen molar-refractivity contribution in [1.29, 1.82) is 5.26 Å². The fraction of sp³-hybridized carbons (Fsp3) is 0.435. The van der Waals surface area contributed by atoms with Gasteiger partial charge in [-0.1, -0.05) is 6.07 Å². The van der Waals surface area contributed by atoms with E-state index in [1.807, 2.05) is 11.0 Å². The lowest BCUT2D eigenvalue weighted by Gasteiger charge is -2.41. The molecule has 3 heterocycles. The zero-order valence-electron chi connectivity index (χ0n) is 16.9. The van der Waals surface area contributed by atoms with Crippen LogP contribution in [-0.2, 0) is 15.1 Å². The van der Waals surface area contributed by atoms with Gasteiger partial charge in [0, 0.05) is 43.0 Å². The maximum Gasteiger partial charge on any atom is 0.248 e. The van der Waals surface area contributed by atoms with Crippen LogP contribution in [0, 0.1) is 23.0 Å². The summed E-state index contributed by atoms with van der Waals surface area (Å²) in [6, 6.07) is 9.53. The Balaban J connectivity index is 1.22. The lowest BCUT2D eigenvalue weighted by atomic mass is 10.1. The number of fused-ring (bicyclic) bond motifs is 2. The van der Waals surface area contributed by atoms with Gasteiger partial charge in [-0.25, -0.2) is 13.8 Å². The molecule has 2 bridgehead atoms. The summed E-state index contributed by atoms with van der Waals surface area (Å²) in [5, 5.41) is 8.97. The minimum Gasteiger partial charge on any atom is -0.360 e. The first-order valence-corrected chi connectivity index (χ1v) is 10.5. The van der Waals surface area contributed by atoms with E-state index in [1.165, 1.54) is 12.1 Å². The second-order valence-electron chi connectivity index (χ2n) is 8.51. The number of rotatable bonds is 5. The summed E-state index contributed by atoms with van der Waals surface area (Å²) < 4.78 is 33.3. The zero-order valence-corrected chi connectivity index (χ0v) is 16.9. The maximum atomic E-state index is 14.2. The molecular formula is C23H22F2N4O2. The molecule has 1 aromatic carbocycles. The van der Waals surface area contributed by atoms with Crippen molar-refractivity contribution in [1.82, 2.24) is 9.88 Å². The molecule has 3 aliphatic rings. The molecule has 1 aliphatic carbocycles. The third kappa shape index (κ3) is 3.63. The molecule has 1 amide bonds. The molecule has 2 saturated heterocycles. The lowest BCUT2D eigenvalue weighted by molar-refractivity contribution is -0.140. The van der Waals surface area contributed by atoms with Gasteiger partial charge in [-0.3, -0.25) is 4.79 Å². The molecular weight excluding hydrogens is 402 g/mol. The van der Waals surface area contributed by atoms with Gasteiger partial charge < -0.3 is 14.5 Å². The number of nitrogens with zero attached hydrogens (tertiary/aromatic N) is 4. The van der Waals surface area contributed by atoms with Gasteiger partial charge in [0.05, 0.1) is 11.2 Å². The van der Waals surface area contributed by atoms with Crippen LogP contribution >= 0.6 is 0 Å². The number of ether oxygens (including phenoxy) is 1. The van der Waals surface area contributed by atoms with Gasteiger partial charge in [-0.05, 0) is 43.9 Å². The topological polar surface area (TPSA) is 69.5 Å². The van der Waals surface area contributed by atoms with Crippen molar-refractivity contribution in [2.24, 2.45) is 0 Å². The summed E-state index contributed by atoms with van der Waals surface area (Å²) in [6.45, 7) is 1.04. The Morgan fingerprint density at radius 3 is 2.52 bits per heavy atom. The minimum absolute atomic E-state index is 0.113. The van der Waals surface area contributed by atoms with Gasteiger partial charge in [-0.2, -0.15) is 5.26 Å². The number of hydrogen-bond acceptors (Lipinski definition) is 5. The van der Waals surface area contributed by atoms with Crippen LogP contribution in [0.4, 0.5) is 14.6 Å². The number of aromatic nitrogens is 1. The highest BCUT2D eigenvalue weighted by Gasteiger charge is 2.49. The van der Waals surface area contributed by atoms with E-state index in [0.29, 0.717) is 37.1 Å². The predicted molar refractivity (Wildman–Crippen MR) is 108 cm³/mol. The average molecular weight is 424 g/mol. The van der Waals surface area contributed by atoms with Gasteiger partial charge in [0.15, 0.2) is 0 Å². The number of likely N-dealkylation sites (tertiary alicyclic amines) is 1. The van der Waals surface area contributed by atoms with Crippen LogP contribution in [0.2, 0.25) is 0 Å². The van der Waals surface area contributed by atoms with Crippen molar-refractivity contribution in [2.45, 2.75) is 43.4 Å². The van der Waals surface area contributed by atoms with E-state index >= 15 is 0 Å². The second kappa shape index (κ2) is 7.57. The number of hydrogen-bond donors (Lipinski definition) is 0. The van der Waals surface area contributed by atoms with Gasteiger partial charge in [0.1, 0.15) is 30.1 Å². The Hall–Kier alpha value is -3.05. The van der Waals surface area contributed by atoms with Gasteiger partial charge in [-0.15, -0.1) is 0 Å². The molecule has 1 unspecified atom stereocenters. The largest absolute Gasteiger partial charge is 0.360 e. The molecule has 0 spiro atoms. The number of amides is 1. The Bertz CT molecular complexity index is 1030. The van der Waals surface area contributed by atoms with Crippen LogP contribution in [0.1, 0.15) is 36.8 Å². The van der Waals surface area contributed by atoms with Crippen LogP contribution < -0.4 is 4.90 Å². The Labute approximate surface area is 179 Å². The summed E-state index contributed by atoms with van der Waals surface area (Å²) in [5.41, 5.74) is 0.0211. The molecule has 160 valence electrons. The molecule has 2 atom stereocenters. The molecule has 1 aromatic heterocycles. The molecule has 2 aliphatic heterocycles. The molecule has 1 saturated carbocycles. The Morgan fingerprint density at radius 1 is 1.19 bits per heavy atom. The number of nitriles is 1. The molecule has 6 nitrogen and oxygen atoms in total. The Kier molecular flexibility index (Phi) is 4.86. The second-order valence-corrected chi connectivity index (χ2v) is 8.51. The van der Waals surface area contributed by atoms with Gasteiger partial charge >= 0.3 is 0 Å². The third-order valence-electron chi connectivity index (χ3n) is 6.57. The summed E-state index contributed by atoms with van der Waals surface area (Å²) in [6.07, 6.45) is 4.76. The van der Waals surface area contributed by atoms with Gasteiger partial charge in [0.2, 0.25) is 5.91 Å². The number of pyridine rings is 1. The summed E-state index contributed by atoms with van der Waals surface area (Å²) >= 11 is 0. The fourth-order valence-corrected chi connectivity index (χ4v) is 4.84. The van der Waals surface area contributed by atoms with Crippen LogP contribution in [0.3, 0.4) is 0 Å². The van der Waals surface area contributed by atoms with Crippen molar-refractivity contribution in [3.8, 4) is 6.07 Å². The average Bonchev–Trinajstić information content (AvgIpc) is 3.51. The van der Waals surface area contributed by atoms with Crippen LogP contribution in [0.25, 0.3) is 0 Å². The van der Waals surface area contributed by atoms with Crippen molar-refractivity contribution >= 4 is 11.7 Å². The van der Waals surface area contributed by atoms with E-state index in [9.17, 15) is 13.6 Å². The first-order chi connectivity index (χ1) is 15.0. The molecule has 8 heteroatoms. The summed E-state index contributed by atoms with van der Waals surface area (Å²) in [4.78, 5) is 21.4. The number of piperazine rings is 1. The van der Waals surface area contributed by atoms with Gasteiger partial charge in [0.25, 0.3) is 0 Å². The number of halogens is 2. The minimum atomic E-state index is -0.819. The van der Waals surface area contributed by atoms with Crippen LogP contribution in [0.15, 0.2) is 36.5 Å². The molecule has 5 rings (SSSR count). The van der Waals surface area contributed by atoms with E-state index < -0.39 is 17.2 Å². The standard InChI is InChI=1S/C23H22F2N4O2/c24-16-2-5-19(20(25)9-16)23(7-8-23)31-14-22(30)28-12-17-3-4-18(13-28)29(17)21-6-1-15(10-26)11-27-21/h1-2,5-6,9,11,17-18H,3-4,7-8,12-14H2/t17-,18?/m0/s1. The summed E-state index contributed by atoms with van der Waals surface area (Å²) in [5.74, 6) is -0.540. The van der Waals surface area contributed by atoms with E-state index in [1.54, 1.807) is 12.3 Å². The highest BCUT2D eigenvalue weighted by atomic mass is 19.1. The summed E-state index contributed by atoms with van der Waals surface area (Å²) in [7, 11) is 0. The quantitative estimate of drug-likeness (QED) is 0.738. The number of carbonyl (C=O) groups is 1. The molecule has 2 aromatic rings. The SMILES string of the molecule is N#Cc1ccc(N2C3CC[C@H]2CN(C(=O)COC2(c4ccc(F)cc4F)CC2)C3)nc1. The highest BCUT2D eigenvalue weighted by molar-refractivity contribution is 5.78. The number of carbonyl (C=O) groups excluding carboxylic acids is 1. The van der Waals surface area contributed by atoms with E-state index in [0.717, 1.165) is 24.7 Å². The zero-order chi connectivity index (χ0) is 21.6. The van der Waals surface area contributed by atoms with Crippen molar-refractivity contribution in [3.05, 3.63) is 59.3 Å². The molecule has 31 heavy (non-hydrogen) atoms. The molecule has 0 radical (unpaired) electrons. The van der Waals surface area contributed by atoms with Crippen LogP contribution in [-0.4, -0.2) is 47.6 Å². The molecule has 3 fully saturated rings. The fourth-order valence-electron chi connectivity index (χ4n) is 4.84. The van der Waals surface area contributed by atoms with E-state index in [-0.39, 0.29) is 24.6 Å². The Morgan fingerprint density at radius 2 is 1.94 bits per heavy atom. The third-order valence-corrected chi connectivity index (χ3v) is 6.57. The van der Waals surface area contributed by atoms with E-state index in [4.69, 9.17) is 10.00 Å². The smallest absolute Gasteiger partial charge is 0.248 e. The molecule has 0 N–H and O–H groups in total. The normalized spacial score (nSPS) is 23.5. The van der Waals surface area contributed by atoms with Crippen molar-refractivity contribution in [2.75, 3.05) is 24.6 Å². The number of benzene rings is 1. The predicted octanol–water partition coefficient (Wildman–Crippen LogP) is 3.12. The monoisotopic (exact) mass is 424 g/mol. The van der Waals surface area contributed by atoms with Crippen LogP contribution in [0.5, 0.6) is 0 Å². The highest BCUT2D eigenvalue weighted by Crippen LogP contribution is 2.50. The van der Waals surface area contributed by atoms with Crippen molar-refractivity contribution < 1.29 is 18.3 Å².